The topological polar surface area (TPSA) is 72.2 Å². The van der Waals surface area contributed by atoms with Gasteiger partial charge in [0.05, 0.1) is 5.69 Å². The number of nitrogen functional groups attached to an aromatic ring is 1. The van der Waals surface area contributed by atoms with E-state index >= 15 is 0 Å². The number of nitrogens with one attached hydrogen (secondary N) is 1. The lowest BCUT2D eigenvalue weighted by Crippen LogP contribution is -2.21. The Labute approximate surface area is 86.1 Å². The summed E-state index contributed by atoms with van der Waals surface area (Å²) in [7, 11) is -4.63. The van der Waals surface area contributed by atoms with Crippen LogP contribution >= 0.6 is 0 Å². The lowest BCUT2D eigenvalue weighted by Gasteiger charge is -2.10. The molecular weight excluding hydrogens is 226 g/mol. The standard InChI is InChI=1S/C8H10F2N2O2S/c1-5-2-3-6(11)4-7(5)12-15(13,14)8(9)10/h2-4,8,12H,11H2,1H3. The van der Waals surface area contributed by atoms with Gasteiger partial charge in [0.1, 0.15) is 0 Å². The van der Waals surface area contributed by atoms with Crippen molar-refractivity contribution in [2.45, 2.75) is 12.7 Å². The monoisotopic (exact) mass is 236 g/mol. The summed E-state index contributed by atoms with van der Waals surface area (Å²) >= 11 is 0. The zero-order chi connectivity index (χ0) is 11.6. The molecule has 4 nitrogen and oxygen atoms in total. The summed E-state index contributed by atoms with van der Waals surface area (Å²) in [6.07, 6.45) is 0. The number of halogens is 2. The second-order valence-corrected chi connectivity index (χ2v) is 4.63. The van der Waals surface area contributed by atoms with Crippen molar-refractivity contribution in [1.82, 2.24) is 0 Å². The van der Waals surface area contributed by atoms with Crippen molar-refractivity contribution in [3.05, 3.63) is 23.8 Å². The van der Waals surface area contributed by atoms with E-state index in [0.29, 0.717) is 11.3 Å². The Bertz CT molecular complexity index is 460. The van der Waals surface area contributed by atoms with Gasteiger partial charge in [0.25, 0.3) is 10.0 Å². The molecular formula is C8H10F2N2O2S. The number of sulfonamides is 1. The maximum absolute atomic E-state index is 12.0. The number of hydrogen-bond acceptors (Lipinski definition) is 3. The number of anilines is 2. The fourth-order valence-electron chi connectivity index (χ4n) is 0.947. The van der Waals surface area contributed by atoms with Crippen molar-refractivity contribution in [3.8, 4) is 0 Å². The third kappa shape index (κ3) is 2.79. The average molecular weight is 236 g/mol. The van der Waals surface area contributed by atoms with E-state index in [1.807, 2.05) is 0 Å². The molecule has 0 heterocycles. The molecule has 0 amide bonds. The molecule has 0 aliphatic heterocycles. The first kappa shape index (κ1) is 11.7. The summed E-state index contributed by atoms with van der Waals surface area (Å²) in [6.45, 7) is 1.59. The summed E-state index contributed by atoms with van der Waals surface area (Å²) in [6, 6.07) is 4.38. The molecule has 0 unspecified atom stereocenters. The first-order valence-electron chi connectivity index (χ1n) is 3.99. The number of rotatable bonds is 3. The normalized spacial score (nSPS) is 11.7. The van der Waals surface area contributed by atoms with Gasteiger partial charge in [-0.25, -0.2) is 8.42 Å². The molecule has 0 saturated heterocycles. The van der Waals surface area contributed by atoms with Crippen LogP contribution < -0.4 is 10.5 Å². The van der Waals surface area contributed by atoms with Crippen LogP contribution in [-0.2, 0) is 10.0 Å². The first-order valence-corrected chi connectivity index (χ1v) is 5.53. The molecule has 15 heavy (non-hydrogen) atoms. The minimum Gasteiger partial charge on any atom is -0.399 e. The fourth-order valence-corrected chi connectivity index (χ4v) is 1.56. The smallest absolute Gasteiger partial charge is 0.355 e. The lowest BCUT2D eigenvalue weighted by molar-refractivity contribution is 0.236. The molecule has 0 aliphatic rings. The summed E-state index contributed by atoms with van der Waals surface area (Å²) < 4.78 is 47.6. The number of alkyl halides is 2. The van der Waals surface area contributed by atoms with Crippen LogP contribution in [0.3, 0.4) is 0 Å². The number of benzene rings is 1. The molecule has 0 radical (unpaired) electrons. The first-order chi connectivity index (χ1) is 6.83. The third-order valence-corrected chi connectivity index (χ3v) is 2.72. The van der Waals surface area contributed by atoms with Gasteiger partial charge in [-0.05, 0) is 24.6 Å². The van der Waals surface area contributed by atoms with Crippen LogP contribution in [0, 0.1) is 6.92 Å². The molecule has 7 heteroatoms. The Hall–Kier alpha value is -1.37. The summed E-state index contributed by atoms with van der Waals surface area (Å²) in [5, 5.41) is 0. The summed E-state index contributed by atoms with van der Waals surface area (Å²) in [5.74, 6) is -3.46. The number of aryl methyl sites for hydroxylation is 1. The fraction of sp³-hybridized carbons (Fsp3) is 0.250. The van der Waals surface area contributed by atoms with Gasteiger partial charge >= 0.3 is 5.76 Å². The summed E-state index contributed by atoms with van der Waals surface area (Å²) in [4.78, 5) is 0. The number of hydrogen-bond donors (Lipinski definition) is 2. The van der Waals surface area contributed by atoms with Crippen LogP contribution in [0.5, 0.6) is 0 Å². The largest absolute Gasteiger partial charge is 0.399 e. The van der Waals surface area contributed by atoms with E-state index in [9.17, 15) is 17.2 Å². The Morgan fingerprint density at radius 2 is 2.00 bits per heavy atom. The summed E-state index contributed by atoms with van der Waals surface area (Å²) in [5.41, 5.74) is 6.29. The van der Waals surface area contributed by atoms with Crippen LogP contribution in [-0.4, -0.2) is 14.2 Å². The van der Waals surface area contributed by atoms with Crippen molar-refractivity contribution < 1.29 is 17.2 Å². The van der Waals surface area contributed by atoms with Gasteiger partial charge < -0.3 is 5.73 Å². The Morgan fingerprint density at radius 3 is 2.53 bits per heavy atom. The molecule has 84 valence electrons. The molecule has 0 atom stereocenters. The molecule has 0 fully saturated rings. The van der Waals surface area contributed by atoms with E-state index in [1.54, 1.807) is 23.8 Å². The molecule has 3 N–H and O–H groups in total. The van der Waals surface area contributed by atoms with Crippen LogP contribution in [0.1, 0.15) is 5.56 Å². The van der Waals surface area contributed by atoms with Crippen LogP contribution in [0.15, 0.2) is 18.2 Å². The van der Waals surface area contributed by atoms with Gasteiger partial charge in [0.15, 0.2) is 0 Å². The van der Waals surface area contributed by atoms with E-state index in [1.165, 1.54) is 6.07 Å². The van der Waals surface area contributed by atoms with Crippen molar-refractivity contribution >= 4 is 21.4 Å². The van der Waals surface area contributed by atoms with Crippen molar-refractivity contribution in [2.75, 3.05) is 10.5 Å². The number of nitrogens with two attached hydrogens (primary N) is 1. The highest BCUT2D eigenvalue weighted by Crippen LogP contribution is 2.20. The quantitative estimate of drug-likeness (QED) is 0.782. The van der Waals surface area contributed by atoms with Crippen LogP contribution in [0.2, 0.25) is 0 Å². The van der Waals surface area contributed by atoms with E-state index in [0.717, 1.165) is 0 Å². The van der Waals surface area contributed by atoms with Crippen LogP contribution in [0.4, 0.5) is 20.2 Å². The van der Waals surface area contributed by atoms with Gasteiger partial charge in [-0.1, -0.05) is 6.07 Å². The molecule has 1 aromatic rings. The zero-order valence-electron chi connectivity index (χ0n) is 7.87. The highest BCUT2D eigenvalue weighted by atomic mass is 32.2. The molecule has 0 saturated carbocycles. The molecule has 0 bridgehead atoms. The van der Waals surface area contributed by atoms with Gasteiger partial charge in [-0.15, -0.1) is 0 Å². The molecule has 1 rings (SSSR count). The maximum atomic E-state index is 12.0. The van der Waals surface area contributed by atoms with Crippen molar-refractivity contribution in [3.63, 3.8) is 0 Å². The molecule has 0 aliphatic carbocycles. The Balaban J connectivity index is 3.05. The lowest BCUT2D eigenvalue weighted by atomic mass is 10.2. The van der Waals surface area contributed by atoms with Crippen molar-refractivity contribution in [2.24, 2.45) is 0 Å². The Morgan fingerprint density at radius 1 is 1.40 bits per heavy atom. The highest BCUT2D eigenvalue weighted by molar-refractivity contribution is 7.93. The van der Waals surface area contributed by atoms with E-state index in [2.05, 4.69) is 0 Å². The SMILES string of the molecule is Cc1ccc(N)cc1NS(=O)(=O)C(F)F. The maximum Gasteiger partial charge on any atom is 0.355 e. The molecule has 0 aromatic heterocycles. The zero-order valence-corrected chi connectivity index (χ0v) is 8.68. The van der Waals surface area contributed by atoms with Crippen molar-refractivity contribution in [1.29, 1.82) is 0 Å². The van der Waals surface area contributed by atoms with Gasteiger partial charge in [-0.2, -0.15) is 8.78 Å². The minimum atomic E-state index is -4.63. The third-order valence-electron chi connectivity index (χ3n) is 1.75. The minimum absolute atomic E-state index is 0.0651. The molecule has 1 aromatic carbocycles. The van der Waals surface area contributed by atoms with E-state index < -0.39 is 15.8 Å². The van der Waals surface area contributed by atoms with Gasteiger partial charge in [0.2, 0.25) is 0 Å². The van der Waals surface area contributed by atoms with Gasteiger partial charge in [0, 0.05) is 5.69 Å². The second-order valence-electron chi connectivity index (χ2n) is 2.98. The van der Waals surface area contributed by atoms with E-state index in [-0.39, 0.29) is 5.69 Å². The predicted molar refractivity (Wildman–Crippen MR) is 54.1 cm³/mol. The predicted octanol–water partition coefficient (Wildman–Crippen LogP) is 1.54. The van der Waals surface area contributed by atoms with Crippen LogP contribution in [0.25, 0.3) is 0 Å². The highest BCUT2D eigenvalue weighted by Gasteiger charge is 2.24. The second kappa shape index (κ2) is 4.01. The Kier molecular flexibility index (Phi) is 3.13. The average Bonchev–Trinajstić information content (AvgIpc) is 2.10. The molecule has 0 spiro atoms. The van der Waals surface area contributed by atoms with Gasteiger partial charge in [-0.3, -0.25) is 4.72 Å². The van der Waals surface area contributed by atoms with E-state index in [4.69, 9.17) is 5.73 Å².